The molecule has 72 valence electrons. The summed E-state index contributed by atoms with van der Waals surface area (Å²) < 4.78 is 5.01. The first-order chi connectivity index (χ1) is 6.79. The SMILES string of the molecule is CC#CCC(=O)c1ccncc1OC. The van der Waals surface area contributed by atoms with E-state index in [1.165, 1.54) is 13.3 Å². The summed E-state index contributed by atoms with van der Waals surface area (Å²) in [5.74, 6) is 5.85. The van der Waals surface area contributed by atoms with Gasteiger partial charge < -0.3 is 4.74 Å². The number of carbonyl (C=O) groups excluding carboxylic acids is 1. The quantitative estimate of drug-likeness (QED) is 0.536. The summed E-state index contributed by atoms with van der Waals surface area (Å²) in [6.07, 6.45) is 3.30. The largest absolute Gasteiger partial charge is 0.494 e. The van der Waals surface area contributed by atoms with Gasteiger partial charge in [0.15, 0.2) is 5.78 Å². The first-order valence-corrected chi connectivity index (χ1v) is 4.20. The van der Waals surface area contributed by atoms with Crippen LogP contribution in [0.3, 0.4) is 0 Å². The van der Waals surface area contributed by atoms with Crippen LogP contribution in [0.2, 0.25) is 0 Å². The van der Waals surface area contributed by atoms with Crippen molar-refractivity contribution in [3.63, 3.8) is 0 Å². The summed E-state index contributed by atoms with van der Waals surface area (Å²) >= 11 is 0. The molecule has 14 heavy (non-hydrogen) atoms. The summed E-state index contributed by atoms with van der Waals surface area (Å²) in [5, 5.41) is 0. The minimum Gasteiger partial charge on any atom is -0.494 e. The highest BCUT2D eigenvalue weighted by atomic mass is 16.5. The lowest BCUT2D eigenvalue weighted by Gasteiger charge is -2.03. The first-order valence-electron chi connectivity index (χ1n) is 4.20. The lowest BCUT2D eigenvalue weighted by Crippen LogP contribution is -2.01. The number of pyridine rings is 1. The van der Waals surface area contributed by atoms with Gasteiger partial charge in [0.2, 0.25) is 0 Å². The molecule has 0 aliphatic carbocycles. The Kier molecular flexibility index (Phi) is 3.69. The van der Waals surface area contributed by atoms with Crippen molar-refractivity contribution < 1.29 is 9.53 Å². The molecule has 0 radical (unpaired) electrons. The molecule has 0 unspecified atom stereocenters. The van der Waals surface area contributed by atoms with E-state index in [0.29, 0.717) is 11.3 Å². The van der Waals surface area contributed by atoms with Gasteiger partial charge in [0.25, 0.3) is 0 Å². The monoisotopic (exact) mass is 189 g/mol. The molecule has 3 heteroatoms. The molecule has 0 aliphatic heterocycles. The highest BCUT2D eigenvalue weighted by Crippen LogP contribution is 2.16. The van der Waals surface area contributed by atoms with Crippen LogP contribution in [0, 0.1) is 11.8 Å². The van der Waals surface area contributed by atoms with Gasteiger partial charge in [-0.1, -0.05) is 5.92 Å². The van der Waals surface area contributed by atoms with Crippen molar-refractivity contribution in [2.45, 2.75) is 13.3 Å². The number of hydrogen-bond donors (Lipinski definition) is 0. The van der Waals surface area contributed by atoms with E-state index in [0.717, 1.165) is 0 Å². The second kappa shape index (κ2) is 5.03. The lowest BCUT2D eigenvalue weighted by atomic mass is 10.1. The van der Waals surface area contributed by atoms with E-state index in [9.17, 15) is 4.79 Å². The highest BCUT2D eigenvalue weighted by molar-refractivity contribution is 5.99. The molecule has 1 rings (SSSR count). The Hall–Kier alpha value is -1.82. The second-order valence-corrected chi connectivity index (χ2v) is 2.60. The Balaban J connectivity index is 2.92. The molecule has 1 aromatic rings. The third-order valence-corrected chi connectivity index (χ3v) is 1.73. The van der Waals surface area contributed by atoms with Crippen molar-refractivity contribution in [3.05, 3.63) is 24.0 Å². The minimum atomic E-state index is -0.0430. The van der Waals surface area contributed by atoms with Gasteiger partial charge >= 0.3 is 0 Å². The molecule has 0 aromatic carbocycles. The molecule has 0 amide bonds. The lowest BCUT2D eigenvalue weighted by molar-refractivity contribution is 0.0995. The Labute approximate surface area is 83.1 Å². The maximum atomic E-state index is 11.6. The molecule has 0 fully saturated rings. The fourth-order valence-electron chi connectivity index (χ4n) is 1.04. The summed E-state index contributed by atoms with van der Waals surface area (Å²) in [4.78, 5) is 15.4. The van der Waals surface area contributed by atoms with Gasteiger partial charge in [-0.2, -0.15) is 0 Å². The van der Waals surface area contributed by atoms with Gasteiger partial charge in [0.1, 0.15) is 5.75 Å². The number of Topliss-reactive ketones (excluding diaryl/α,β-unsaturated/α-hetero) is 1. The molecule has 0 atom stereocenters. The van der Waals surface area contributed by atoms with Crippen molar-refractivity contribution in [1.29, 1.82) is 0 Å². The van der Waals surface area contributed by atoms with Crippen LogP contribution in [0.25, 0.3) is 0 Å². The minimum absolute atomic E-state index is 0.0430. The molecular formula is C11H11NO2. The molecular weight excluding hydrogens is 178 g/mol. The fraction of sp³-hybridized carbons (Fsp3) is 0.273. The first kappa shape index (κ1) is 10.3. The van der Waals surface area contributed by atoms with Crippen LogP contribution in [0.1, 0.15) is 23.7 Å². The second-order valence-electron chi connectivity index (χ2n) is 2.60. The predicted octanol–water partition coefficient (Wildman–Crippen LogP) is 1.69. The van der Waals surface area contributed by atoms with Crippen molar-refractivity contribution in [1.82, 2.24) is 4.98 Å². The molecule has 0 spiro atoms. The predicted molar refractivity (Wildman–Crippen MR) is 53.2 cm³/mol. The zero-order valence-electron chi connectivity index (χ0n) is 8.20. The Morgan fingerprint density at radius 2 is 2.43 bits per heavy atom. The van der Waals surface area contributed by atoms with Crippen LogP contribution in [-0.4, -0.2) is 17.9 Å². The van der Waals surface area contributed by atoms with Crippen molar-refractivity contribution in [2.75, 3.05) is 7.11 Å². The summed E-state index contributed by atoms with van der Waals surface area (Å²) in [5.41, 5.74) is 0.533. The summed E-state index contributed by atoms with van der Waals surface area (Å²) in [6.45, 7) is 1.71. The molecule has 3 nitrogen and oxygen atoms in total. The van der Waals surface area contributed by atoms with Crippen LogP contribution in [0.15, 0.2) is 18.5 Å². The molecule has 0 bridgehead atoms. The van der Waals surface area contributed by atoms with Crippen molar-refractivity contribution in [3.8, 4) is 17.6 Å². The number of nitrogens with zero attached hydrogens (tertiary/aromatic N) is 1. The number of hydrogen-bond acceptors (Lipinski definition) is 3. The molecule has 0 saturated heterocycles. The molecule has 1 aromatic heterocycles. The molecule has 0 N–H and O–H groups in total. The van der Waals surface area contributed by atoms with Crippen LogP contribution in [0.5, 0.6) is 5.75 Å². The van der Waals surface area contributed by atoms with Crippen molar-refractivity contribution >= 4 is 5.78 Å². The third kappa shape index (κ3) is 2.33. The number of rotatable bonds is 3. The van der Waals surface area contributed by atoms with Crippen molar-refractivity contribution in [2.24, 2.45) is 0 Å². The number of ketones is 1. The smallest absolute Gasteiger partial charge is 0.178 e. The summed E-state index contributed by atoms with van der Waals surface area (Å²) in [6, 6.07) is 1.64. The number of methoxy groups -OCH3 is 1. The number of aromatic nitrogens is 1. The van der Waals surface area contributed by atoms with E-state index < -0.39 is 0 Å². The van der Waals surface area contributed by atoms with Gasteiger partial charge in [0, 0.05) is 6.20 Å². The van der Waals surface area contributed by atoms with Gasteiger partial charge in [-0.25, -0.2) is 0 Å². The van der Waals surface area contributed by atoms with Crippen LogP contribution in [-0.2, 0) is 0 Å². The third-order valence-electron chi connectivity index (χ3n) is 1.73. The van der Waals surface area contributed by atoms with Crippen LogP contribution in [0.4, 0.5) is 0 Å². The molecule has 0 aliphatic rings. The topological polar surface area (TPSA) is 39.2 Å². The maximum Gasteiger partial charge on any atom is 0.178 e. The normalized spacial score (nSPS) is 8.71. The van der Waals surface area contributed by atoms with Gasteiger partial charge in [0.05, 0.1) is 25.3 Å². The maximum absolute atomic E-state index is 11.6. The van der Waals surface area contributed by atoms with Gasteiger partial charge in [-0.05, 0) is 13.0 Å². The van der Waals surface area contributed by atoms with E-state index in [-0.39, 0.29) is 12.2 Å². The standard InChI is InChI=1S/C11H11NO2/c1-3-4-5-10(13)9-6-7-12-8-11(9)14-2/h6-8H,5H2,1-2H3. The van der Waals surface area contributed by atoms with Gasteiger partial charge in [-0.15, -0.1) is 5.92 Å². The number of carbonyl (C=O) groups is 1. The van der Waals surface area contributed by atoms with E-state index in [4.69, 9.17) is 4.74 Å². The van der Waals surface area contributed by atoms with Crippen LogP contribution < -0.4 is 4.74 Å². The Morgan fingerprint density at radius 1 is 1.64 bits per heavy atom. The molecule has 1 heterocycles. The van der Waals surface area contributed by atoms with E-state index in [2.05, 4.69) is 16.8 Å². The van der Waals surface area contributed by atoms with E-state index >= 15 is 0 Å². The van der Waals surface area contributed by atoms with Crippen LogP contribution >= 0.6 is 0 Å². The Morgan fingerprint density at radius 3 is 3.07 bits per heavy atom. The fourth-order valence-corrected chi connectivity index (χ4v) is 1.04. The highest BCUT2D eigenvalue weighted by Gasteiger charge is 2.09. The van der Waals surface area contributed by atoms with Gasteiger partial charge in [-0.3, -0.25) is 9.78 Å². The Bertz CT molecular complexity index is 388. The average molecular weight is 189 g/mol. The zero-order chi connectivity index (χ0) is 10.4. The molecule has 0 saturated carbocycles. The van der Waals surface area contributed by atoms with E-state index in [1.54, 1.807) is 19.2 Å². The average Bonchev–Trinajstić information content (AvgIpc) is 2.25. The zero-order valence-corrected chi connectivity index (χ0v) is 8.20. The number of ether oxygens (including phenoxy) is 1. The van der Waals surface area contributed by atoms with E-state index in [1.807, 2.05) is 0 Å². The summed E-state index contributed by atoms with van der Waals surface area (Å²) in [7, 11) is 1.51.